The van der Waals surface area contributed by atoms with Crippen LogP contribution in [0.5, 0.6) is 0 Å². The lowest BCUT2D eigenvalue weighted by Gasteiger charge is -2.37. The number of urea groups is 1. The summed E-state index contributed by atoms with van der Waals surface area (Å²) >= 11 is 0. The van der Waals surface area contributed by atoms with E-state index in [1.54, 1.807) is 24.3 Å². The summed E-state index contributed by atoms with van der Waals surface area (Å²) in [7, 11) is 0. The fraction of sp³-hybridized carbons (Fsp3) is 0.556. The Morgan fingerprint density at radius 1 is 1.16 bits per heavy atom. The molecule has 3 amide bonds. The van der Waals surface area contributed by atoms with Gasteiger partial charge in [0.05, 0.1) is 13.2 Å². The number of rotatable bonds is 3. The second-order valence-corrected chi connectivity index (χ2v) is 6.73. The number of carbonyl (C=O) groups excluding carboxylic acids is 2. The summed E-state index contributed by atoms with van der Waals surface area (Å²) in [6.45, 7) is 6.23. The SMILES string of the molecule is CC(C)NC(=O)Nc1cccc(C(=O)N2CCC3(CC2)OCCO3)c1. The normalized spacial score (nSPS) is 19.2. The van der Waals surface area contributed by atoms with Gasteiger partial charge in [-0.3, -0.25) is 4.79 Å². The molecule has 3 rings (SSSR count). The van der Waals surface area contributed by atoms with Gasteiger partial charge in [0.25, 0.3) is 5.91 Å². The van der Waals surface area contributed by atoms with Crippen LogP contribution in [-0.4, -0.2) is 55.0 Å². The van der Waals surface area contributed by atoms with E-state index >= 15 is 0 Å². The van der Waals surface area contributed by atoms with Crippen molar-refractivity contribution in [3.05, 3.63) is 29.8 Å². The van der Waals surface area contributed by atoms with Crippen LogP contribution in [0.25, 0.3) is 0 Å². The average Bonchev–Trinajstić information content (AvgIpc) is 3.02. The monoisotopic (exact) mass is 347 g/mol. The molecule has 1 aromatic rings. The summed E-state index contributed by atoms with van der Waals surface area (Å²) in [6, 6.07) is 6.77. The van der Waals surface area contributed by atoms with Gasteiger partial charge in [-0.05, 0) is 32.0 Å². The lowest BCUT2D eigenvalue weighted by Crippen LogP contribution is -2.47. The Kier molecular flexibility index (Phi) is 5.24. The van der Waals surface area contributed by atoms with Gasteiger partial charge in [0.1, 0.15) is 0 Å². The fourth-order valence-electron chi connectivity index (χ4n) is 3.18. The first-order valence-corrected chi connectivity index (χ1v) is 8.72. The van der Waals surface area contributed by atoms with Gasteiger partial charge in [0.15, 0.2) is 5.79 Å². The van der Waals surface area contributed by atoms with Crippen molar-refractivity contribution >= 4 is 17.6 Å². The molecule has 2 N–H and O–H groups in total. The van der Waals surface area contributed by atoms with Crippen LogP contribution in [0.15, 0.2) is 24.3 Å². The molecule has 0 aromatic heterocycles. The van der Waals surface area contributed by atoms with Gasteiger partial charge in [-0.15, -0.1) is 0 Å². The first kappa shape index (κ1) is 17.7. The third-order valence-electron chi connectivity index (χ3n) is 4.41. The Morgan fingerprint density at radius 2 is 1.84 bits per heavy atom. The highest BCUT2D eigenvalue weighted by atomic mass is 16.7. The molecule has 2 heterocycles. The van der Waals surface area contributed by atoms with E-state index in [1.807, 2.05) is 18.7 Å². The number of amides is 3. The van der Waals surface area contributed by atoms with Crippen LogP contribution in [0.2, 0.25) is 0 Å². The number of likely N-dealkylation sites (tertiary alicyclic amines) is 1. The van der Waals surface area contributed by atoms with Crippen molar-refractivity contribution in [1.82, 2.24) is 10.2 Å². The van der Waals surface area contributed by atoms with Gasteiger partial charge in [-0.1, -0.05) is 6.07 Å². The molecule has 1 spiro atoms. The standard InChI is InChI=1S/C18H25N3O4/c1-13(2)19-17(23)20-15-5-3-4-14(12-15)16(22)21-8-6-18(7-9-21)24-10-11-25-18/h3-5,12-13H,6-11H2,1-2H3,(H2,19,20,23). The summed E-state index contributed by atoms with van der Waals surface area (Å²) in [5, 5.41) is 5.51. The van der Waals surface area contributed by atoms with Gasteiger partial charge in [-0.25, -0.2) is 4.79 Å². The Morgan fingerprint density at radius 3 is 2.48 bits per heavy atom. The molecule has 2 aliphatic heterocycles. The minimum atomic E-state index is -0.491. The molecule has 7 heteroatoms. The maximum absolute atomic E-state index is 12.7. The number of nitrogens with zero attached hydrogens (tertiary/aromatic N) is 1. The molecule has 7 nitrogen and oxygen atoms in total. The molecule has 2 saturated heterocycles. The van der Waals surface area contributed by atoms with Gasteiger partial charge < -0.3 is 25.0 Å². The topological polar surface area (TPSA) is 79.9 Å². The molecule has 0 bridgehead atoms. The van der Waals surface area contributed by atoms with E-state index in [2.05, 4.69) is 10.6 Å². The smallest absolute Gasteiger partial charge is 0.319 e. The van der Waals surface area contributed by atoms with Crippen LogP contribution in [0.1, 0.15) is 37.0 Å². The molecule has 0 unspecified atom stereocenters. The third kappa shape index (κ3) is 4.29. The van der Waals surface area contributed by atoms with Gasteiger partial charge >= 0.3 is 6.03 Å². The van der Waals surface area contributed by atoms with E-state index in [4.69, 9.17) is 9.47 Å². The zero-order valence-electron chi connectivity index (χ0n) is 14.7. The summed E-state index contributed by atoms with van der Waals surface area (Å²) in [6.07, 6.45) is 1.38. The largest absolute Gasteiger partial charge is 0.347 e. The van der Waals surface area contributed by atoms with Gasteiger partial charge in [-0.2, -0.15) is 0 Å². The van der Waals surface area contributed by atoms with Crippen molar-refractivity contribution in [3.63, 3.8) is 0 Å². The zero-order chi connectivity index (χ0) is 17.9. The molecule has 0 radical (unpaired) electrons. The van der Waals surface area contributed by atoms with Crippen LogP contribution in [0.4, 0.5) is 10.5 Å². The Hall–Kier alpha value is -2.12. The summed E-state index contributed by atoms with van der Waals surface area (Å²) in [4.78, 5) is 26.3. The van der Waals surface area contributed by atoms with Crippen LogP contribution in [0, 0.1) is 0 Å². The number of benzene rings is 1. The average molecular weight is 347 g/mol. The molecule has 136 valence electrons. The van der Waals surface area contributed by atoms with E-state index in [0.29, 0.717) is 50.4 Å². The molecule has 2 aliphatic rings. The quantitative estimate of drug-likeness (QED) is 0.878. The molecular weight excluding hydrogens is 322 g/mol. The minimum Gasteiger partial charge on any atom is -0.347 e. The van der Waals surface area contributed by atoms with Crippen molar-refractivity contribution in [2.45, 2.75) is 38.5 Å². The molecule has 0 saturated carbocycles. The lowest BCUT2D eigenvalue weighted by atomic mass is 10.0. The number of ether oxygens (including phenoxy) is 2. The van der Waals surface area contributed by atoms with Crippen LogP contribution in [-0.2, 0) is 9.47 Å². The number of piperidine rings is 1. The molecule has 0 atom stereocenters. The second-order valence-electron chi connectivity index (χ2n) is 6.73. The lowest BCUT2D eigenvalue weighted by molar-refractivity contribution is -0.181. The highest BCUT2D eigenvalue weighted by molar-refractivity contribution is 5.97. The highest BCUT2D eigenvalue weighted by Gasteiger charge is 2.40. The number of hydrogen-bond donors (Lipinski definition) is 2. The minimum absolute atomic E-state index is 0.0410. The summed E-state index contributed by atoms with van der Waals surface area (Å²) < 4.78 is 11.4. The zero-order valence-corrected chi connectivity index (χ0v) is 14.7. The van der Waals surface area contributed by atoms with E-state index < -0.39 is 5.79 Å². The van der Waals surface area contributed by atoms with E-state index in [9.17, 15) is 9.59 Å². The maximum Gasteiger partial charge on any atom is 0.319 e. The Bertz CT molecular complexity index is 631. The Labute approximate surface area is 147 Å². The number of nitrogens with one attached hydrogen (secondary N) is 2. The van der Waals surface area contributed by atoms with E-state index in [0.717, 1.165) is 0 Å². The van der Waals surface area contributed by atoms with Crippen molar-refractivity contribution in [2.24, 2.45) is 0 Å². The molecule has 2 fully saturated rings. The number of hydrogen-bond acceptors (Lipinski definition) is 4. The highest BCUT2D eigenvalue weighted by Crippen LogP contribution is 2.31. The predicted octanol–water partition coefficient (Wildman–Crippen LogP) is 2.20. The third-order valence-corrected chi connectivity index (χ3v) is 4.41. The first-order valence-electron chi connectivity index (χ1n) is 8.72. The predicted molar refractivity (Wildman–Crippen MR) is 93.5 cm³/mol. The van der Waals surface area contributed by atoms with Gasteiger partial charge in [0.2, 0.25) is 0 Å². The van der Waals surface area contributed by atoms with Crippen LogP contribution in [0.3, 0.4) is 0 Å². The van der Waals surface area contributed by atoms with Crippen molar-refractivity contribution in [3.8, 4) is 0 Å². The molecule has 25 heavy (non-hydrogen) atoms. The van der Waals surface area contributed by atoms with E-state index in [-0.39, 0.29) is 18.0 Å². The van der Waals surface area contributed by atoms with Crippen LogP contribution < -0.4 is 10.6 Å². The summed E-state index contributed by atoms with van der Waals surface area (Å²) in [5.74, 6) is -0.532. The Balaban J connectivity index is 1.61. The second kappa shape index (κ2) is 7.41. The number of carbonyl (C=O) groups is 2. The van der Waals surface area contributed by atoms with Crippen LogP contribution >= 0.6 is 0 Å². The molecule has 0 aliphatic carbocycles. The van der Waals surface area contributed by atoms with Gasteiger partial charge in [0, 0.05) is 43.2 Å². The fourth-order valence-corrected chi connectivity index (χ4v) is 3.18. The molecular formula is C18H25N3O4. The first-order chi connectivity index (χ1) is 12.0. The molecule has 1 aromatic carbocycles. The number of anilines is 1. The van der Waals surface area contributed by atoms with Crippen molar-refractivity contribution in [2.75, 3.05) is 31.6 Å². The van der Waals surface area contributed by atoms with E-state index in [1.165, 1.54) is 0 Å². The van der Waals surface area contributed by atoms with Crippen molar-refractivity contribution in [1.29, 1.82) is 0 Å². The van der Waals surface area contributed by atoms with Crippen molar-refractivity contribution < 1.29 is 19.1 Å². The maximum atomic E-state index is 12.7. The summed E-state index contributed by atoms with van der Waals surface area (Å²) in [5.41, 5.74) is 1.16.